The summed E-state index contributed by atoms with van der Waals surface area (Å²) in [4.78, 5) is 20.8. The van der Waals surface area contributed by atoms with E-state index in [1.54, 1.807) is 6.20 Å². The lowest BCUT2D eigenvalue weighted by Gasteiger charge is -2.26. The molecule has 1 aromatic heterocycles. The van der Waals surface area contributed by atoms with Crippen LogP contribution in [0, 0.1) is 0 Å². The minimum atomic E-state index is -0.0525. The molecule has 0 bridgehead atoms. The molecule has 1 heterocycles. The molecule has 0 aliphatic rings. The molecule has 0 unspecified atom stereocenters. The molecule has 6 aromatic rings. The van der Waals surface area contributed by atoms with Gasteiger partial charge in [0.05, 0.1) is 0 Å². The highest BCUT2D eigenvalue weighted by molar-refractivity contribution is 6.22. The number of hydrogen-bond donors (Lipinski definition) is 0. The molecule has 0 saturated heterocycles. The standard InChI is InChI=1S/C38H32N2O/c1-3-40(4-2)38(41)37-36-31(25-26-39-37)32(27-17-9-5-10-18-27)33(28-19-11-6-12-20-28)34(29-21-13-7-14-22-29)35(36)30-23-15-8-16-24-30/h5-26H,3-4H2,1-2H3. The van der Waals surface area contributed by atoms with Crippen LogP contribution in [0.1, 0.15) is 24.3 Å². The average Bonchev–Trinajstić information content (AvgIpc) is 3.05. The first-order valence-electron chi connectivity index (χ1n) is 14.2. The first-order chi connectivity index (χ1) is 20.2. The number of aromatic nitrogens is 1. The number of benzene rings is 5. The Bertz CT molecular complexity index is 1790. The van der Waals surface area contributed by atoms with Crippen LogP contribution in [0.4, 0.5) is 0 Å². The van der Waals surface area contributed by atoms with Crippen LogP contribution >= 0.6 is 0 Å². The number of carbonyl (C=O) groups is 1. The van der Waals surface area contributed by atoms with Gasteiger partial charge in [-0.25, -0.2) is 0 Å². The van der Waals surface area contributed by atoms with Gasteiger partial charge in [-0.3, -0.25) is 9.78 Å². The Hall–Kier alpha value is -5.02. The van der Waals surface area contributed by atoms with Crippen molar-refractivity contribution < 1.29 is 4.79 Å². The van der Waals surface area contributed by atoms with Gasteiger partial charge >= 0.3 is 0 Å². The maximum atomic E-state index is 14.1. The van der Waals surface area contributed by atoms with Gasteiger partial charge in [0, 0.05) is 30.2 Å². The van der Waals surface area contributed by atoms with Gasteiger partial charge in [0.15, 0.2) is 0 Å². The summed E-state index contributed by atoms with van der Waals surface area (Å²) in [6.45, 7) is 5.27. The van der Waals surface area contributed by atoms with Crippen molar-refractivity contribution in [2.24, 2.45) is 0 Å². The van der Waals surface area contributed by atoms with Gasteiger partial charge in [0.2, 0.25) is 0 Å². The summed E-state index contributed by atoms with van der Waals surface area (Å²) in [5, 5.41) is 1.90. The van der Waals surface area contributed by atoms with Crippen LogP contribution in [-0.2, 0) is 0 Å². The normalized spacial score (nSPS) is 11.0. The van der Waals surface area contributed by atoms with E-state index in [0.29, 0.717) is 18.8 Å². The number of carbonyl (C=O) groups excluding carboxylic acids is 1. The fourth-order valence-corrected chi connectivity index (χ4v) is 5.84. The van der Waals surface area contributed by atoms with E-state index >= 15 is 0 Å². The second kappa shape index (κ2) is 11.6. The van der Waals surface area contributed by atoms with Crippen molar-refractivity contribution in [3.8, 4) is 44.5 Å². The van der Waals surface area contributed by atoms with Gasteiger partial charge in [-0.2, -0.15) is 0 Å². The molecule has 3 heteroatoms. The summed E-state index contributed by atoms with van der Waals surface area (Å²) >= 11 is 0. The third-order valence-corrected chi connectivity index (χ3v) is 7.72. The summed E-state index contributed by atoms with van der Waals surface area (Å²) in [7, 11) is 0. The van der Waals surface area contributed by atoms with E-state index in [9.17, 15) is 4.79 Å². The molecule has 0 spiro atoms. The molecule has 0 aliphatic heterocycles. The van der Waals surface area contributed by atoms with E-state index < -0.39 is 0 Å². The summed E-state index contributed by atoms with van der Waals surface area (Å²) in [5.74, 6) is -0.0525. The van der Waals surface area contributed by atoms with Gasteiger partial charge in [-0.15, -0.1) is 0 Å². The first-order valence-corrected chi connectivity index (χ1v) is 14.2. The minimum absolute atomic E-state index is 0.0525. The van der Waals surface area contributed by atoms with Crippen molar-refractivity contribution in [1.29, 1.82) is 0 Å². The van der Waals surface area contributed by atoms with Crippen LogP contribution in [-0.4, -0.2) is 28.9 Å². The highest BCUT2D eigenvalue weighted by Crippen LogP contribution is 2.51. The molecule has 6 rings (SSSR count). The van der Waals surface area contributed by atoms with Crippen LogP contribution in [0.15, 0.2) is 134 Å². The van der Waals surface area contributed by atoms with Crippen molar-refractivity contribution in [2.45, 2.75) is 13.8 Å². The molecule has 0 N–H and O–H groups in total. The van der Waals surface area contributed by atoms with E-state index in [1.807, 2.05) is 36.9 Å². The molecule has 0 aliphatic carbocycles. The highest BCUT2D eigenvalue weighted by Gasteiger charge is 2.28. The largest absolute Gasteiger partial charge is 0.338 e. The van der Waals surface area contributed by atoms with Gasteiger partial charge in [-0.1, -0.05) is 121 Å². The molecule has 0 saturated carbocycles. The van der Waals surface area contributed by atoms with Gasteiger partial charge < -0.3 is 4.90 Å². The third-order valence-electron chi connectivity index (χ3n) is 7.72. The lowest BCUT2D eigenvalue weighted by molar-refractivity contribution is 0.0769. The Kier molecular flexibility index (Phi) is 7.42. The Balaban J connectivity index is 1.91. The first kappa shape index (κ1) is 26.2. The summed E-state index contributed by atoms with van der Waals surface area (Å²) in [6.07, 6.45) is 1.79. The summed E-state index contributed by atoms with van der Waals surface area (Å²) < 4.78 is 0. The Morgan fingerprint density at radius 1 is 0.537 bits per heavy atom. The lowest BCUT2D eigenvalue weighted by Crippen LogP contribution is -2.31. The zero-order valence-corrected chi connectivity index (χ0v) is 23.4. The van der Waals surface area contributed by atoms with Gasteiger partial charge in [-0.05, 0) is 64.2 Å². The second-order valence-electron chi connectivity index (χ2n) is 10.0. The average molecular weight is 533 g/mol. The SMILES string of the molecule is CCN(CC)C(=O)c1nccc2c(-c3ccccc3)c(-c3ccccc3)c(-c3ccccc3)c(-c3ccccc3)c12. The van der Waals surface area contributed by atoms with E-state index in [4.69, 9.17) is 4.98 Å². The number of fused-ring (bicyclic) bond motifs is 1. The van der Waals surface area contributed by atoms with Gasteiger partial charge in [0.1, 0.15) is 5.69 Å². The Morgan fingerprint density at radius 3 is 1.37 bits per heavy atom. The maximum Gasteiger partial charge on any atom is 0.273 e. The quantitative estimate of drug-likeness (QED) is 0.205. The summed E-state index contributed by atoms with van der Waals surface area (Å²) in [5.41, 5.74) is 9.20. The molecule has 3 nitrogen and oxygen atoms in total. The summed E-state index contributed by atoms with van der Waals surface area (Å²) in [6, 6.07) is 44.1. The Labute approximate surface area is 241 Å². The fraction of sp³-hybridized carbons (Fsp3) is 0.105. The topological polar surface area (TPSA) is 33.2 Å². The predicted molar refractivity (Wildman–Crippen MR) is 171 cm³/mol. The molecule has 0 radical (unpaired) electrons. The molecule has 1 amide bonds. The van der Waals surface area contributed by atoms with Gasteiger partial charge in [0.25, 0.3) is 5.91 Å². The number of pyridine rings is 1. The second-order valence-corrected chi connectivity index (χ2v) is 10.0. The number of amides is 1. The molecule has 0 atom stereocenters. The smallest absolute Gasteiger partial charge is 0.273 e. The molecule has 5 aromatic carbocycles. The molecular formula is C38H32N2O. The van der Waals surface area contributed by atoms with Crippen LogP contribution in [0.3, 0.4) is 0 Å². The monoisotopic (exact) mass is 532 g/mol. The van der Waals surface area contributed by atoms with Crippen LogP contribution in [0.2, 0.25) is 0 Å². The van der Waals surface area contributed by atoms with Crippen molar-refractivity contribution in [1.82, 2.24) is 9.88 Å². The third kappa shape index (κ3) is 4.81. The van der Waals surface area contributed by atoms with Crippen molar-refractivity contribution in [3.63, 3.8) is 0 Å². The van der Waals surface area contributed by atoms with Crippen LogP contribution < -0.4 is 0 Å². The van der Waals surface area contributed by atoms with E-state index in [0.717, 1.165) is 55.3 Å². The molecule has 41 heavy (non-hydrogen) atoms. The van der Waals surface area contributed by atoms with E-state index in [1.165, 1.54) is 0 Å². The van der Waals surface area contributed by atoms with E-state index in [-0.39, 0.29) is 5.91 Å². The zero-order valence-electron chi connectivity index (χ0n) is 23.4. The maximum absolute atomic E-state index is 14.1. The van der Waals surface area contributed by atoms with Crippen molar-refractivity contribution >= 4 is 16.7 Å². The number of hydrogen-bond acceptors (Lipinski definition) is 2. The highest BCUT2D eigenvalue weighted by atomic mass is 16.2. The molecule has 200 valence electrons. The Morgan fingerprint density at radius 2 is 0.927 bits per heavy atom. The lowest BCUT2D eigenvalue weighted by atomic mass is 9.78. The minimum Gasteiger partial charge on any atom is -0.338 e. The van der Waals surface area contributed by atoms with Crippen molar-refractivity contribution in [2.75, 3.05) is 13.1 Å². The van der Waals surface area contributed by atoms with Crippen LogP contribution in [0.25, 0.3) is 55.3 Å². The molecule has 0 fully saturated rings. The number of nitrogens with zero attached hydrogens (tertiary/aromatic N) is 2. The number of rotatable bonds is 7. The molecular weight excluding hydrogens is 500 g/mol. The van der Waals surface area contributed by atoms with E-state index in [2.05, 4.69) is 109 Å². The predicted octanol–water partition coefficient (Wildman–Crippen LogP) is 9.38. The van der Waals surface area contributed by atoms with Crippen molar-refractivity contribution in [3.05, 3.63) is 139 Å². The zero-order chi connectivity index (χ0) is 28.2. The fourth-order valence-electron chi connectivity index (χ4n) is 5.84. The van der Waals surface area contributed by atoms with Crippen LogP contribution in [0.5, 0.6) is 0 Å².